The fraction of sp³-hybridized carbons (Fsp3) is 0.282. The Balaban J connectivity index is 1.11. The van der Waals surface area contributed by atoms with Gasteiger partial charge in [-0.05, 0) is 46.5 Å². The van der Waals surface area contributed by atoms with Crippen molar-refractivity contribution in [2.75, 3.05) is 5.75 Å². The second-order valence-corrected chi connectivity index (χ2v) is 13.6. The zero-order chi connectivity index (χ0) is 35.9. The Labute approximate surface area is 299 Å². The predicted molar refractivity (Wildman–Crippen MR) is 187 cm³/mol. The monoisotopic (exact) mass is 710 g/mol. The van der Waals surface area contributed by atoms with Crippen molar-refractivity contribution in [1.82, 2.24) is 10.2 Å². The number of likely N-dealkylation sites (tertiary alicyclic amines) is 1. The number of rotatable bonds is 12. The molecule has 0 radical (unpaired) electrons. The number of nitrogens with zero attached hydrogens (tertiary/aromatic N) is 1. The molecule has 4 aromatic carbocycles. The molecule has 3 N–H and O–H groups in total. The Morgan fingerprint density at radius 1 is 0.863 bits per heavy atom. The minimum atomic E-state index is -1.00. The van der Waals surface area contributed by atoms with E-state index in [4.69, 9.17) is 14.2 Å². The van der Waals surface area contributed by atoms with E-state index < -0.39 is 36.2 Å². The van der Waals surface area contributed by atoms with Gasteiger partial charge in [0.15, 0.2) is 6.29 Å². The van der Waals surface area contributed by atoms with Crippen molar-refractivity contribution in [2.45, 2.75) is 62.5 Å². The molecule has 0 aromatic heterocycles. The van der Waals surface area contributed by atoms with Crippen molar-refractivity contribution in [1.29, 1.82) is 0 Å². The van der Waals surface area contributed by atoms with Crippen LogP contribution in [0.4, 0.5) is 4.79 Å². The molecule has 51 heavy (non-hydrogen) atoms. The highest BCUT2D eigenvalue weighted by atomic mass is 32.2. The van der Waals surface area contributed by atoms with E-state index in [0.29, 0.717) is 11.3 Å². The van der Waals surface area contributed by atoms with Crippen molar-refractivity contribution in [3.8, 4) is 0 Å². The molecular formula is C39H38N2O9S. The molecule has 2 saturated heterocycles. The summed E-state index contributed by atoms with van der Waals surface area (Å²) in [5.74, 6) is -1.32. The highest BCUT2D eigenvalue weighted by Gasteiger charge is 2.40. The van der Waals surface area contributed by atoms with Gasteiger partial charge in [-0.15, -0.1) is 11.8 Å². The first-order valence-corrected chi connectivity index (χ1v) is 17.5. The Hall–Kier alpha value is -5.01. The van der Waals surface area contributed by atoms with Gasteiger partial charge in [0.05, 0.1) is 37.3 Å². The number of carbonyl (C=O) groups is 4. The molecule has 0 spiro atoms. The maximum Gasteiger partial charge on any atom is 0.408 e. The predicted octanol–water partition coefficient (Wildman–Crippen LogP) is 6.01. The lowest BCUT2D eigenvalue weighted by Crippen LogP contribution is -2.41. The molecule has 11 nitrogen and oxygen atoms in total. The maximum absolute atomic E-state index is 13.1. The van der Waals surface area contributed by atoms with Crippen LogP contribution >= 0.6 is 11.8 Å². The van der Waals surface area contributed by atoms with Crippen molar-refractivity contribution < 1.29 is 43.6 Å². The lowest BCUT2D eigenvalue weighted by Gasteiger charge is -2.41. The van der Waals surface area contributed by atoms with Gasteiger partial charge < -0.3 is 29.7 Å². The Morgan fingerprint density at radius 2 is 1.53 bits per heavy atom. The molecule has 12 heteroatoms. The third kappa shape index (κ3) is 8.84. The number of aliphatic hydroxyl groups is 1. The van der Waals surface area contributed by atoms with Crippen LogP contribution in [-0.4, -0.2) is 56.9 Å². The van der Waals surface area contributed by atoms with E-state index in [0.717, 1.165) is 32.0 Å². The number of hydrogen-bond donors (Lipinski definition) is 3. The van der Waals surface area contributed by atoms with E-state index in [2.05, 4.69) is 12.2 Å². The molecule has 2 fully saturated rings. The summed E-state index contributed by atoms with van der Waals surface area (Å²) in [4.78, 5) is 51.6. The summed E-state index contributed by atoms with van der Waals surface area (Å²) in [6, 6.07) is 29.8. The average Bonchev–Trinajstić information content (AvgIpc) is 3.41. The van der Waals surface area contributed by atoms with Gasteiger partial charge in [0.2, 0.25) is 5.91 Å². The normalized spacial score (nSPS) is 21.8. The number of carbonyl (C=O) groups excluding carboxylic acids is 3. The lowest BCUT2D eigenvalue weighted by molar-refractivity contribution is -0.268. The standard InChI is InChI=1S/C39H38N2O9S/c1-24-33(23-51-31-17-15-29(16-18-31)37(45)46)49-38(50-35(24)28-11-9-26(21-42)10-12-28)30-13-7-25(8-14-30)20-41-34(43)19-32(36(41)44)40-39(47)48-22-27-5-3-2-4-6-27/h2-18,24,32-33,35,38,42H,19-23H2,1H3,(H,40,47)(H,45,46)/t24-,32?,33+,35+,38+/m1/s1. The second-order valence-electron chi connectivity index (χ2n) is 12.5. The number of alkyl carbamates (subject to hydrolysis) is 1. The number of nitrogens with one attached hydrogen (secondary N) is 1. The minimum absolute atomic E-state index is 0.0400. The quantitative estimate of drug-likeness (QED) is 0.118. The Bertz CT molecular complexity index is 1840. The third-order valence-corrected chi connectivity index (χ3v) is 10.1. The Kier molecular flexibility index (Phi) is 11.5. The lowest BCUT2D eigenvalue weighted by atomic mass is 9.91. The molecule has 4 aromatic rings. The van der Waals surface area contributed by atoms with Gasteiger partial charge >= 0.3 is 12.1 Å². The summed E-state index contributed by atoms with van der Waals surface area (Å²) in [6.45, 7) is 2.09. The van der Waals surface area contributed by atoms with Gasteiger partial charge in [0.1, 0.15) is 12.6 Å². The number of amides is 3. The van der Waals surface area contributed by atoms with Gasteiger partial charge in [-0.25, -0.2) is 9.59 Å². The summed E-state index contributed by atoms with van der Waals surface area (Å²) in [5.41, 5.74) is 4.23. The Morgan fingerprint density at radius 3 is 2.20 bits per heavy atom. The SMILES string of the molecule is C[C@@H]1[C@H](CSc2ccc(C(=O)O)cc2)O[C@H](c2ccc(CN3C(=O)CC(NC(=O)OCc4ccccc4)C3=O)cc2)O[C@@H]1c1ccc(CO)cc1. The van der Waals surface area contributed by atoms with E-state index >= 15 is 0 Å². The van der Waals surface area contributed by atoms with E-state index in [9.17, 15) is 29.4 Å². The van der Waals surface area contributed by atoms with E-state index in [1.54, 1.807) is 36.0 Å². The van der Waals surface area contributed by atoms with Gasteiger partial charge in [-0.2, -0.15) is 0 Å². The number of aromatic carboxylic acids is 1. The number of carboxylic acids is 1. The first-order chi connectivity index (χ1) is 24.7. The highest BCUT2D eigenvalue weighted by Crippen LogP contribution is 2.43. The maximum atomic E-state index is 13.1. The van der Waals surface area contributed by atoms with Gasteiger partial charge in [0.25, 0.3) is 5.91 Å². The fourth-order valence-electron chi connectivity index (χ4n) is 6.01. The molecule has 264 valence electrons. The van der Waals surface area contributed by atoms with Gasteiger partial charge in [0, 0.05) is 22.1 Å². The molecule has 0 aliphatic carbocycles. The molecule has 0 saturated carbocycles. The highest BCUT2D eigenvalue weighted by molar-refractivity contribution is 7.99. The summed E-state index contributed by atoms with van der Waals surface area (Å²) in [7, 11) is 0. The van der Waals surface area contributed by atoms with Crippen molar-refractivity contribution in [2.24, 2.45) is 5.92 Å². The number of hydrogen-bond acceptors (Lipinski definition) is 9. The third-order valence-electron chi connectivity index (χ3n) is 8.98. The van der Waals surface area contributed by atoms with Crippen LogP contribution in [0.3, 0.4) is 0 Å². The van der Waals surface area contributed by atoms with Crippen LogP contribution in [0.15, 0.2) is 108 Å². The first kappa shape index (κ1) is 35.8. The van der Waals surface area contributed by atoms with Gasteiger partial charge in [-0.3, -0.25) is 14.5 Å². The van der Waals surface area contributed by atoms with Gasteiger partial charge in [-0.1, -0.05) is 85.8 Å². The summed E-state index contributed by atoms with van der Waals surface area (Å²) < 4.78 is 18.3. The van der Waals surface area contributed by atoms with Crippen LogP contribution in [0.2, 0.25) is 0 Å². The smallest absolute Gasteiger partial charge is 0.408 e. The molecule has 2 heterocycles. The largest absolute Gasteiger partial charge is 0.478 e. The van der Waals surface area contributed by atoms with Crippen molar-refractivity contribution in [3.63, 3.8) is 0 Å². The van der Waals surface area contributed by atoms with Crippen LogP contribution in [0.1, 0.15) is 63.9 Å². The van der Waals surface area contributed by atoms with Crippen LogP contribution in [0.5, 0.6) is 0 Å². The molecule has 2 aliphatic rings. The van der Waals surface area contributed by atoms with E-state index in [-0.39, 0.29) is 49.9 Å². The molecule has 0 bridgehead atoms. The summed E-state index contributed by atoms with van der Waals surface area (Å²) in [5, 5.41) is 21.3. The molecule has 3 amide bonds. The molecule has 1 unspecified atom stereocenters. The minimum Gasteiger partial charge on any atom is -0.478 e. The summed E-state index contributed by atoms with van der Waals surface area (Å²) >= 11 is 1.57. The summed E-state index contributed by atoms with van der Waals surface area (Å²) in [6.07, 6.45) is -2.20. The van der Waals surface area contributed by atoms with Crippen LogP contribution < -0.4 is 5.32 Å². The van der Waals surface area contributed by atoms with E-state index in [1.807, 2.05) is 78.9 Å². The molecule has 6 rings (SSSR count). The number of benzene rings is 4. The molecule has 2 aliphatic heterocycles. The van der Waals surface area contributed by atoms with Crippen LogP contribution in [-0.2, 0) is 43.6 Å². The topological polar surface area (TPSA) is 152 Å². The number of ether oxygens (including phenoxy) is 3. The van der Waals surface area contributed by atoms with Crippen LogP contribution in [0.25, 0.3) is 0 Å². The van der Waals surface area contributed by atoms with Crippen molar-refractivity contribution >= 4 is 35.6 Å². The molecular weight excluding hydrogens is 673 g/mol. The fourth-order valence-corrected chi connectivity index (χ4v) is 7.08. The van der Waals surface area contributed by atoms with Crippen LogP contribution in [0, 0.1) is 5.92 Å². The average molecular weight is 711 g/mol. The number of imide groups is 1. The van der Waals surface area contributed by atoms with E-state index in [1.165, 1.54) is 0 Å². The zero-order valence-electron chi connectivity index (χ0n) is 27.8. The zero-order valence-corrected chi connectivity index (χ0v) is 28.7. The second kappa shape index (κ2) is 16.3. The number of carboxylic acid groups (broad SMARTS) is 1. The number of thioether (sulfide) groups is 1. The van der Waals surface area contributed by atoms with Crippen molar-refractivity contribution in [3.05, 3.63) is 137 Å². The first-order valence-electron chi connectivity index (χ1n) is 16.6. The molecule has 5 atom stereocenters. The number of aliphatic hydroxyl groups excluding tert-OH is 1.